The number of fused-ring (bicyclic) bond motifs is 2. The minimum atomic E-state index is -1.59. The van der Waals surface area contributed by atoms with Gasteiger partial charge < -0.3 is 36.0 Å². The van der Waals surface area contributed by atoms with E-state index in [-0.39, 0.29) is 0 Å². The van der Waals surface area contributed by atoms with E-state index in [1.54, 1.807) is 12.2 Å². The number of rotatable bonds is 34. The van der Waals surface area contributed by atoms with Gasteiger partial charge in [0, 0.05) is 23.7 Å². The molecule has 0 spiro atoms. The lowest BCUT2D eigenvalue weighted by molar-refractivity contribution is 0.0953. The van der Waals surface area contributed by atoms with Crippen LogP contribution in [0.1, 0.15) is 205 Å². The minimum Gasteiger partial charge on any atom is -0.507 e. The second-order valence-electron chi connectivity index (χ2n) is 17.3. The molecular formula is C51H77F2NO8. The normalized spacial score (nSPS) is 14.7. The Hall–Kier alpha value is -3.64. The van der Waals surface area contributed by atoms with E-state index in [0.29, 0.717) is 12.8 Å². The van der Waals surface area contributed by atoms with E-state index in [1.807, 2.05) is 0 Å². The molecule has 7 N–H and O–H groups in total. The fourth-order valence-corrected chi connectivity index (χ4v) is 8.43. The molecule has 0 saturated carbocycles. The van der Waals surface area contributed by atoms with Crippen LogP contribution >= 0.6 is 0 Å². The Bertz CT molecular complexity index is 1590. The quantitative estimate of drug-likeness (QED) is 0.0176. The summed E-state index contributed by atoms with van der Waals surface area (Å²) in [7, 11) is 0. The first-order valence-electron chi connectivity index (χ1n) is 23.9. The molecule has 2 aromatic carbocycles. The summed E-state index contributed by atoms with van der Waals surface area (Å²) < 4.78 is 32.7. The predicted molar refractivity (Wildman–Crippen MR) is 244 cm³/mol. The van der Waals surface area contributed by atoms with Gasteiger partial charge in [0.2, 0.25) is 5.78 Å². The van der Waals surface area contributed by atoms with Crippen molar-refractivity contribution in [2.75, 3.05) is 18.5 Å². The molecule has 3 rings (SSSR count). The van der Waals surface area contributed by atoms with Gasteiger partial charge >= 0.3 is 0 Å². The average molecular weight is 870 g/mol. The highest BCUT2D eigenvalue weighted by Gasteiger charge is 2.42. The Balaban J connectivity index is 1.73. The Kier molecular flexibility index (Phi) is 25.2. The number of anilines is 1. The number of nitrogens with one attached hydrogen (secondary N) is 1. The van der Waals surface area contributed by atoms with E-state index >= 15 is 8.78 Å². The molecule has 1 aliphatic carbocycles. The second-order valence-corrected chi connectivity index (χ2v) is 17.3. The Morgan fingerprint density at radius 1 is 0.548 bits per heavy atom. The maximum absolute atomic E-state index is 16.4. The molecule has 11 heteroatoms. The molecule has 9 nitrogen and oxygen atoms in total. The van der Waals surface area contributed by atoms with Gasteiger partial charge in [-0.15, -0.1) is 0 Å². The SMILES string of the molecule is CCCCCCCCCCCCCC=CC(O)C(CO)Cc1c(F)c(F)c(NC(CO)C(O)C=CCCCCCCCCCCCCC)c2c1C(=O)c1c(O)ccc(O)c1C2=O. The topological polar surface area (TPSA) is 168 Å². The number of halogens is 2. The van der Waals surface area contributed by atoms with Gasteiger partial charge in [0.05, 0.1) is 47.2 Å². The number of aliphatic hydroxyl groups excluding tert-OH is 4. The smallest absolute Gasteiger partial charge is 0.200 e. The zero-order chi connectivity index (χ0) is 45.3. The van der Waals surface area contributed by atoms with Gasteiger partial charge in [0.1, 0.15) is 11.5 Å². The lowest BCUT2D eigenvalue weighted by Crippen LogP contribution is -2.38. The van der Waals surface area contributed by atoms with E-state index < -0.39 is 112 Å². The fourth-order valence-electron chi connectivity index (χ4n) is 8.43. The molecule has 4 atom stereocenters. The van der Waals surface area contributed by atoms with Crippen LogP contribution in [0.25, 0.3) is 0 Å². The highest BCUT2D eigenvalue weighted by atomic mass is 19.2. The van der Waals surface area contributed by atoms with Crippen LogP contribution in [-0.2, 0) is 6.42 Å². The third kappa shape index (κ3) is 16.2. The van der Waals surface area contributed by atoms with Gasteiger partial charge in [-0.05, 0) is 44.2 Å². The van der Waals surface area contributed by atoms with Crippen LogP contribution in [0.3, 0.4) is 0 Å². The average Bonchev–Trinajstić information content (AvgIpc) is 3.26. The van der Waals surface area contributed by atoms with Crippen LogP contribution in [0.2, 0.25) is 0 Å². The van der Waals surface area contributed by atoms with Crippen molar-refractivity contribution in [1.29, 1.82) is 0 Å². The first-order chi connectivity index (χ1) is 30.0. The molecule has 62 heavy (non-hydrogen) atoms. The highest BCUT2D eigenvalue weighted by Crippen LogP contribution is 2.44. The van der Waals surface area contributed by atoms with Gasteiger partial charge in [0.25, 0.3) is 0 Å². The Morgan fingerprint density at radius 3 is 1.37 bits per heavy atom. The standard InChI is InChI=1S/C51H77F2NO8/c1-3-5-7-9-11-13-15-17-19-21-23-25-27-29-39(57)36(34-55)33-37-43-46(51(62)45-42(60)32-31-41(59)44(45)50(43)61)49(48(53)47(37)52)54-38(35-56)40(58)30-28-26-24-22-20-18-16-14-12-10-8-6-4-2/h27-32,36,38-40,54-60H,3-26,33-35H2,1-2H3. The number of unbranched alkanes of at least 4 members (excludes halogenated alkanes) is 22. The van der Waals surface area contributed by atoms with Gasteiger partial charge in [-0.3, -0.25) is 9.59 Å². The molecule has 0 saturated heterocycles. The van der Waals surface area contributed by atoms with Crippen LogP contribution in [0.15, 0.2) is 36.4 Å². The maximum atomic E-state index is 16.4. The zero-order valence-electron chi connectivity index (χ0n) is 37.6. The third-order valence-electron chi connectivity index (χ3n) is 12.3. The van der Waals surface area contributed by atoms with Crippen molar-refractivity contribution in [1.82, 2.24) is 0 Å². The lowest BCUT2D eigenvalue weighted by atomic mass is 9.77. The van der Waals surface area contributed by atoms with E-state index in [2.05, 4.69) is 19.2 Å². The summed E-state index contributed by atoms with van der Waals surface area (Å²) >= 11 is 0. The van der Waals surface area contributed by atoms with Crippen molar-refractivity contribution >= 4 is 17.3 Å². The van der Waals surface area contributed by atoms with Gasteiger partial charge in [-0.2, -0.15) is 0 Å². The predicted octanol–water partition coefficient (Wildman–Crippen LogP) is 11.3. The monoisotopic (exact) mass is 870 g/mol. The number of phenols is 2. The number of carbonyl (C=O) groups is 2. The van der Waals surface area contributed by atoms with Crippen molar-refractivity contribution in [3.63, 3.8) is 0 Å². The number of ketones is 2. The number of carbonyl (C=O) groups excluding carboxylic acids is 2. The van der Waals surface area contributed by atoms with Crippen molar-refractivity contribution < 1.29 is 49.0 Å². The van der Waals surface area contributed by atoms with E-state index in [0.717, 1.165) is 50.7 Å². The number of aliphatic hydroxyl groups is 4. The molecule has 0 fully saturated rings. The molecule has 1 aliphatic rings. The number of hydrogen-bond donors (Lipinski definition) is 7. The van der Waals surface area contributed by atoms with Crippen LogP contribution < -0.4 is 5.32 Å². The zero-order valence-corrected chi connectivity index (χ0v) is 37.6. The summed E-state index contributed by atoms with van der Waals surface area (Å²) in [5.41, 5.74) is -3.89. The molecule has 0 bridgehead atoms. The van der Waals surface area contributed by atoms with Gasteiger partial charge in [0.15, 0.2) is 17.4 Å². The fraction of sp³-hybridized carbons (Fsp3) is 0.647. The molecular weight excluding hydrogens is 793 g/mol. The number of allylic oxidation sites excluding steroid dienone is 2. The number of hydrogen-bond acceptors (Lipinski definition) is 9. The van der Waals surface area contributed by atoms with E-state index in [4.69, 9.17) is 0 Å². The van der Waals surface area contributed by atoms with Crippen molar-refractivity contribution in [3.05, 3.63) is 75.9 Å². The highest BCUT2D eigenvalue weighted by molar-refractivity contribution is 6.32. The first-order valence-corrected chi connectivity index (χ1v) is 23.9. The van der Waals surface area contributed by atoms with E-state index in [1.165, 1.54) is 115 Å². The molecule has 0 heterocycles. The molecule has 0 aromatic heterocycles. The summed E-state index contributed by atoms with van der Waals surface area (Å²) in [4.78, 5) is 28.3. The third-order valence-corrected chi connectivity index (χ3v) is 12.3. The minimum absolute atomic E-state index is 0.562. The van der Waals surface area contributed by atoms with Crippen LogP contribution in [0, 0.1) is 17.6 Å². The Labute approximate surface area is 369 Å². The molecule has 4 unspecified atom stereocenters. The Morgan fingerprint density at radius 2 is 0.952 bits per heavy atom. The van der Waals surface area contributed by atoms with Crippen molar-refractivity contribution in [3.8, 4) is 11.5 Å². The second kappa shape index (κ2) is 29.7. The summed E-state index contributed by atoms with van der Waals surface area (Å²) in [6.45, 7) is 2.99. The van der Waals surface area contributed by atoms with Crippen molar-refractivity contribution in [2.24, 2.45) is 5.92 Å². The summed E-state index contributed by atoms with van der Waals surface area (Å²) in [5, 5.41) is 66.6. The van der Waals surface area contributed by atoms with Crippen molar-refractivity contribution in [2.45, 2.75) is 193 Å². The summed E-state index contributed by atoms with van der Waals surface area (Å²) in [6, 6.07) is 0.664. The molecule has 348 valence electrons. The number of phenolic OH excluding ortho intramolecular Hbond substituents is 2. The van der Waals surface area contributed by atoms with Gasteiger partial charge in [-0.25, -0.2) is 8.78 Å². The lowest BCUT2D eigenvalue weighted by Gasteiger charge is -2.29. The van der Waals surface area contributed by atoms with Gasteiger partial charge in [-0.1, -0.05) is 167 Å². The van der Waals surface area contributed by atoms with E-state index in [9.17, 15) is 40.2 Å². The first kappa shape index (κ1) is 52.7. The largest absolute Gasteiger partial charge is 0.507 e. The van der Waals surface area contributed by atoms with Crippen LogP contribution in [-0.4, -0.2) is 73.7 Å². The molecule has 0 aliphatic heterocycles. The molecule has 0 amide bonds. The van der Waals surface area contributed by atoms with Crippen LogP contribution in [0.5, 0.6) is 11.5 Å². The molecule has 0 radical (unpaired) electrons. The summed E-state index contributed by atoms with van der Waals surface area (Å²) in [5.74, 6) is -7.75. The summed E-state index contributed by atoms with van der Waals surface area (Å²) in [6.07, 6.45) is 30.7. The number of benzene rings is 2. The molecule has 2 aromatic rings. The van der Waals surface area contributed by atoms with Crippen LogP contribution in [0.4, 0.5) is 14.5 Å². The number of aromatic hydroxyl groups is 2. The maximum Gasteiger partial charge on any atom is 0.200 e.